The molecule has 0 amide bonds. The van der Waals surface area contributed by atoms with Gasteiger partial charge in [0.25, 0.3) is 0 Å². The van der Waals surface area contributed by atoms with E-state index in [1.165, 1.54) is 26.4 Å². The molecule has 0 heterocycles. The second-order valence-electron chi connectivity index (χ2n) is 5.26. The zero-order valence-electron chi connectivity index (χ0n) is 11.4. The van der Waals surface area contributed by atoms with Crippen LogP contribution in [0.2, 0.25) is 5.02 Å². The lowest BCUT2D eigenvalue weighted by molar-refractivity contribution is 0.0602. The minimum Gasteiger partial charge on any atom is -0.465 e. The molecule has 1 saturated carbocycles. The molecule has 1 unspecified atom stereocenters. The Morgan fingerprint density at radius 2 is 2.26 bits per heavy atom. The van der Waals surface area contributed by atoms with Crippen molar-refractivity contribution in [1.29, 1.82) is 0 Å². The van der Waals surface area contributed by atoms with Gasteiger partial charge >= 0.3 is 5.97 Å². The van der Waals surface area contributed by atoms with Crippen LogP contribution in [0.5, 0.6) is 0 Å². The predicted octanol–water partition coefficient (Wildman–Crippen LogP) is 4.12. The molecular weight excluding hydrogens is 262 g/mol. The van der Waals surface area contributed by atoms with E-state index < -0.39 is 0 Å². The monoisotopic (exact) mass is 281 g/mol. The van der Waals surface area contributed by atoms with Gasteiger partial charge in [-0.3, -0.25) is 0 Å². The summed E-state index contributed by atoms with van der Waals surface area (Å²) in [6.45, 7) is 2.15. The van der Waals surface area contributed by atoms with E-state index in [2.05, 4.69) is 12.2 Å². The molecule has 0 saturated heterocycles. The highest BCUT2D eigenvalue weighted by atomic mass is 35.5. The molecule has 1 aliphatic carbocycles. The molecule has 0 aliphatic heterocycles. The van der Waals surface area contributed by atoms with Crippen LogP contribution < -0.4 is 5.32 Å². The summed E-state index contributed by atoms with van der Waals surface area (Å²) in [5.41, 5.74) is 1.29. The van der Waals surface area contributed by atoms with Crippen molar-refractivity contribution in [2.24, 2.45) is 5.92 Å². The first kappa shape index (κ1) is 14.2. The van der Waals surface area contributed by atoms with Gasteiger partial charge in [-0.1, -0.05) is 30.9 Å². The van der Waals surface area contributed by atoms with Crippen LogP contribution in [0.4, 0.5) is 5.69 Å². The summed E-state index contributed by atoms with van der Waals surface area (Å²) in [5, 5.41) is 3.93. The number of hydrogen-bond acceptors (Lipinski definition) is 3. The second-order valence-corrected chi connectivity index (χ2v) is 5.70. The van der Waals surface area contributed by atoms with Crippen LogP contribution in [-0.4, -0.2) is 19.1 Å². The molecule has 1 aromatic carbocycles. The largest absolute Gasteiger partial charge is 0.465 e. The third-order valence-electron chi connectivity index (χ3n) is 3.70. The van der Waals surface area contributed by atoms with Crippen LogP contribution in [-0.2, 0) is 4.74 Å². The lowest BCUT2D eigenvalue weighted by Crippen LogP contribution is -2.24. The zero-order valence-corrected chi connectivity index (χ0v) is 12.2. The highest BCUT2D eigenvalue weighted by molar-refractivity contribution is 6.31. The van der Waals surface area contributed by atoms with Gasteiger partial charge in [0.2, 0.25) is 0 Å². The van der Waals surface area contributed by atoms with Gasteiger partial charge in [-0.2, -0.15) is 0 Å². The number of nitrogens with one attached hydrogen (secondary N) is 1. The minimum absolute atomic E-state index is 0.342. The highest BCUT2D eigenvalue weighted by Crippen LogP contribution is 2.31. The zero-order chi connectivity index (χ0) is 13.8. The molecule has 1 fully saturated rings. The summed E-state index contributed by atoms with van der Waals surface area (Å²) >= 11 is 5.93. The van der Waals surface area contributed by atoms with Crippen LogP contribution in [0.15, 0.2) is 18.2 Å². The molecule has 0 radical (unpaired) electrons. The van der Waals surface area contributed by atoms with E-state index in [0.29, 0.717) is 16.6 Å². The van der Waals surface area contributed by atoms with Gasteiger partial charge in [0.05, 0.1) is 12.7 Å². The van der Waals surface area contributed by atoms with E-state index in [1.807, 2.05) is 6.07 Å². The van der Waals surface area contributed by atoms with Crippen LogP contribution >= 0.6 is 11.6 Å². The van der Waals surface area contributed by atoms with Crippen molar-refractivity contribution in [2.45, 2.75) is 38.6 Å². The second kappa shape index (κ2) is 6.29. The Labute approximate surface area is 119 Å². The molecule has 104 valence electrons. The summed E-state index contributed by atoms with van der Waals surface area (Å²) in [5.74, 6) is 0.470. The van der Waals surface area contributed by atoms with Gasteiger partial charge in [-0.15, -0.1) is 0 Å². The van der Waals surface area contributed by atoms with E-state index in [9.17, 15) is 4.79 Å². The molecule has 3 nitrogen and oxygen atoms in total. The SMILES string of the molecule is COC(=O)c1cc(Cl)ccc1NC(C)CC1CCC1. The molecule has 1 aliphatic rings. The lowest BCUT2D eigenvalue weighted by Gasteiger charge is -2.29. The Morgan fingerprint density at radius 3 is 2.84 bits per heavy atom. The molecule has 0 aromatic heterocycles. The smallest absolute Gasteiger partial charge is 0.340 e. The summed E-state index contributed by atoms with van der Waals surface area (Å²) in [6.07, 6.45) is 5.15. The minimum atomic E-state index is -0.360. The van der Waals surface area contributed by atoms with E-state index in [4.69, 9.17) is 16.3 Å². The summed E-state index contributed by atoms with van der Waals surface area (Å²) < 4.78 is 4.79. The fourth-order valence-electron chi connectivity index (χ4n) is 2.47. The number of anilines is 1. The fraction of sp³-hybridized carbons (Fsp3) is 0.533. The maximum Gasteiger partial charge on any atom is 0.340 e. The quantitative estimate of drug-likeness (QED) is 0.825. The summed E-state index contributed by atoms with van der Waals surface area (Å²) in [6, 6.07) is 5.61. The molecular formula is C15H20ClNO2. The third kappa shape index (κ3) is 3.63. The number of carbonyl (C=O) groups is 1. The number of carbonyl (C=O) groups excluding carboxylic acids is 1. The number of hydrogen-bond donors (Lipinski definition) is 1. The van der Waals surface area contributed by atoms with Crippen molar-refractivity contribution < 1.29 is 9.53 Å². The number of ether oxygens (including phenoxy) is 1. The molecule has 1 aromatic rings. The number of rotatable bonds is 5. The molecule has 0 bridgehead atoms. The molecule has 4 heteroatoms. The van der Waals surface area contributed by atoms with Gasteiger partial charge in [-0.05, 0) is 37.5 Å². The Hall–Kier alpha value is -1.22. The maximum absolute atomic E-state index is 11.7. The van der Waals surface area contributed by atoms with Gasteiger partial charge in [0.1, 0.15) is 0 Å². The Balaban J connectivity index is 2.07. The van der Waals surface area contributed by atoms with E-state index in [0.717, 1.165) is 18.0 Å². The Bertz CT molecular complexity index is 457. The first-order chi connectivity index (χ1) is 9.10. The van der Waals surface area contributed by atoms with Crippen molar-refractivity contribution in [3.05, 3.63) is 28.8 Å². The molecule has 0 spiro atoms. The van der Waals surface area contributed by atoms with Crippen LogP contribution in [0.3, 0.4) is 0 Å². The van der Waals surface area contributed by atoms with Crippen molar-refractivity contribution >= 4 is 23.3 Å². The Kier molecular flexibility index (Phi) is 4.70. The van der Waals surface area contributed by atoms with Gasteiger partial charge < -0.3 is 10.1 Å². The molecule has 1 atom stereocenters. The van der Waals surface area contributed by atoms with Crippen molar-refractivity contribution in [3.8, 4) is 0 Å². The van der Waals surface area contributed by atoms with Crippen LogP contribution in [0.1, 0.15) is 43.0 Å². The number of benzene rings is 1. The summed E-state index contributed by atoms with van der Waals surface area (Å²) in [4.78, 5) is 11.7. The molecule has 2 rings (SSSR count). The van der Waals surface area contributed by atoms with Crippen LogP contribution in [0.25, 0.3) is 0 Å². The first-order valence-corrected chi connectivity index (χ1v) is 7.12. The topological polar surface area (TPSA) is 38.3 Å². The van der Waals surface area contributed by atoms with Crippen molar-refractivity contribution in [3.63, 3.8) is 0 Å². The normalized spacial score (nSPS) is 16.6. The van der Waals surface area contributed by atoms with Crippen LogP contribution in [0, 0.1) is 5.92 Å². The van der Waals surface area contributed by atoms with E-state index >= 15 is 0 Å². The number of halogens is 1. The van der Waals surface area contributed by atoms with Crippen molar-refractivity contribution in [1.82, 2.24) is 0 Å². The molecule has 1 N–H and O–H groups in total. The van der Waals surface area contributed by atoms with E-state index in [-0.39, 0.29) is 5.97 Å². The van der Waals surface area contributed by atoms with Gasteiger partial charge in [0, 0.05) is 16.8 Å². The maximum atomic E-state index is 11.7. The first-order valence-electron chi connectivity index (χ1n) is 6.74. The fourth-order valence-corrected chi connectivity index (χ4v) is 2.65. The number of methoxy groups -OCH3 is 1. The average molecular weight is 282 g/mol. The molecule has 19 heavy (non-hydrogen) atoms. The summed E-state index contributed by atoms with van der Waals surface area (Å²) in [7, 11) is 1.38. The van der Waals surface area contributed by atoms with Gasteiger partial charge in [0.15, 0.2) is 0 Å². The van der Waals surface area contributed by atoms with E-state index in [1.54, 1.807) is 12.1 Å². The average Bonchev–Trinajstić information content (AvgIpc) is 2.35. The standard InChI is InChI=1S/C15H20ClNO2/c1-10(8-11-4-3-5-11)17-14-7-6-12(16)9-13(14)15(18)19-2/h6-7,9-11,17H,3-5,8H2,1-2H3. The predicted molar refractivity (Wildman–Crippen MR) is 77.8 cm³/mol. The third-order valence-corrected chi connectivity index (χ3v) is 3.94. The highest BCUT2D eigenvalue weighted by Gasteiger charge is 2.21. The van der Waals surface area contributed by atoms with Gasteiger partial charge in [-0.25, -0.2) is 4.79 Å². The van der Waals surface area contributed by atoms with Crippen molar-refractivity contribution in [2.75, 3.05) is 12.4 Å². The Morgan fingerprint density at radius 1 is 1.53 bits per heavy atom. The number of esters is 1. The lowest BCUT2D eigenvalue weighted by atomic mass is 9.81.